The molecule has 1 rings (SSSR count). The second-order valence-electron chi connectivity index (χ2n) is 1.77. The molecule has 0 radical (unpaired) electrons. The molecule has 1 aliphatic carbocycles. The van der Waals surface area contributed by atoms with Gasteiger partial charge in [0.1, 0.15) is 6.10 Å². The molecule has 0 aromatic heterocycles. The van der Waals surface area contributed by atoms with E-state index in [1.807, 2.05) is 0 Å². The average molecular weight is 131 g/mol. The number of rotatable bonds is 3. The largest absolute Gasteiger partial charge is 0.540 e. The van der Waals surface area contributed by atoms with Gasteiger partial charge in [-0.3, -0.25) is 0 Å². The molecule has 0 spiro atoms. The zero-order valence-corrected chi connectivity index (χ0v) is 5.43. The van der Waals surface area contributed by atoms with Crippen LogP contribution in [0.25, 0.3) is 0 Å². The molecular formula is C5H8O2P+. The third-order valence-corrected chi connectivity index (χ3v) is 1.73. The molecule has 0 saturated heterocycles. The molecule has 0 heterocycles. The molecule has 0 N–H and O–H groups in total. The monoisotopic (exact) mass is 131 g/mol. The summed E-state index contributed by atoms with van der Waals surface area (Å²) in [5.41, 5.74) is 0. The maximum absolute atomic E-state index is 10.5. The normalized spacial score (nSPS) is 20.2. The van der Waals surface area contributed by atoms with E-state index < -0.39 is 8.03 Å². The Kier molecular flexibility index (Phi) is 1.77. The third-order valence-electron chi connectivity index (χ3n) is 0.926. The van der Waals surface area contributed by atoms with E-state index in [0.717, 1.165) is 12.8 Å². The maximum Gasteiger partial charge on any atom is 0.540 e. The third kappa shape index (κ3) is 1.73. The molecule has 0 amide bonds. The van der Waals surface area contributed by atoms with Crippen LogP contribution in [-0.4, -0.2) is 6.10 Å². The highest BCUT2D eigenvalue weighted by molar-refractivity contribution is 7.42. The van der Waals surface area contributed by atoms with Gasteiger partial charge in [0, 0.05) is 0 Å². The van der Waals surface area contributed by atoms with Gasteiger partial charge in [-0.2, -0.15) is 0 Å². The summed E-state index contributed by atoms with van der Waals surface area (Å²) in [7, 11) is -1.54. The van der Waals surface area contributed by atoms with Crippen LogP contribution in [-0.2, 0) is 9.09 Å². The van der Waals surface area contributed by atoms with Crippen molar-refractivity contribution >= 4 is 8.03 Å². The summed E-state index contributed by atoms with van der Waals surface area (Å²) < 4.78 is 15.4. The van der Waals surface area contributed by atoms with Gasteiger partial charge >= 0.3 is 8.03 Å². The van der Waals surface area contributed by atoms with Gasteiger partial charge < -0.3 is 0 Å². The Morgan fingerprint density at radius 2 is 2.38 bits per heavy atom. The fraction of sp³-hybridized carbons (Fsp3) is 0.600. The van der Waals surface area contributed by atoms with Crippen molar-refractivity contribution in [1.82, 2.24) is 0 Å². The van der Waals surface area contributed by atoms with E-state index in [-0.39, 0.29) is 6.10 Å². The zero-order valence-electron chi connectivity index (χ0n) is 4.54. The summed E-state index contributed by atoms with van der Waals surface area (Å²) in [6.07, 6.45) is 2.40. The quantitative estimate of drug-likeness (QED) is 0.548. The molecule has 44 valence electrons. The first-order valence-corrected chi connectivity index (χ1v) is 3.83. The Hall–Kier alpha value is -0.200. The second-order valence-corrected chi connectivity index (χ2v) is 2.92. The van der Waals surface area contributed by atoms with Gasteiger partial charge in [-0.1, -0.05) is 0 Å². The molecule has 1 fully saturated rings. The molecule has 0 aromatic rings. The van der Waals surface area contributed by atoms with Crippen LogP contribution in [0.3, 0.4) is 0 Å². The van der Waals surface area contributed by atoms with Crippen molar-refractivity contribution in [2.24, 2.45) is 0 Å². The number of hydrogen-bond acceptors (Lipinski definition) is 2. The smallest absolute Gasteiger partial charge is 0.139 e. The van der Waals surface area contributed by atoms with Crippen molar-refractivity contribution in [3.8, 4) is 0 Å². The lowest BCUT2D eigenvalue weighted by Crippen LogP contribution is -1.77. The topological polar surface area (TPSA) is 26.3 Å². The molecule has 3 heteroatoms. The van der Waals surface area contributed by atoms with Gasteiger partial charge in [0.25, 0.3) is 0 Å². The summed E-state index contributed by atoms with van der Waals surface area (Å²) in [6.45, 7) is 3.33. The van der Waals surface area contributed by atoms with Crippen LogP contribution in [0, 0.1) is 0 Å². The highest BCUT2D eigenvalue weighted by Crippen LogP contribution is 2.35. The molecule has 1 aliphatic rings. The minimum atomic E-state index is -1.54. The fourth-order valence-corrected chi connectivity index (χ4v) is 0.954. The molecule has 0 aromatic carbocycles. The summed E-state index contributed by atoms with van der Waals surface area (Å²) in [5.74, 6) is 1.34. The molecule has 1 unspecified atom stereocenters. The lowest BCUT2D eigenvalue weighted by molar-refractivity contribution is 0.321. The predicted octanol–water partition coefficient (Wildman–Crippen LogP) is 2.05. The summed E-state index contributed by atoms with van der Waals surface area (Å²) in [5, 5.41) is 0. The second kappa shape index (κ2) is 2.38. The molecule has 2 nitrogen and oxygen atoms in total. The van der Waals surface area contributed by atoms with Gasteiger partial charge in [-0.25, -0.2) is 0 Å². The van der Waals surface area contributed by atoms with E-state index in [1.165, 1.54) is 5.82 Å². The first kappa shape index (κ1) is 5.93. The molecule has 0 aliphatic heterocycles. The van der Waals surface area contributed by atoms with Crippen LogP contribution in [0.1, 0.15) is 12.8 Å². The minimum absolute atomic E-state index is 0.275. The van der Waals surface area contributed by atoms with Crippen molar-refractivity contribution in [1.29, 1.82) is 0 Å². The van der Waals surface area contributed by atoms with E-state index in [1.54, 1.807) is 0 Å². The highest BCUT2D eigenvalue weighted by Gasteiger charge is 2.31. The Morgan fingerprint density at radius 3 is 2.75 bits per heavy atom. The molecular weight excluding hydrogens is 123 g/mol. The summed E-state index contributed by atoms with van der Waals surface area (Å²) >= 11 is 0. The highest BCUT2D eigenvalue weighted by atomic mass is 31.1. The van der Waals surface area contributed by atoms with Crippen molar-refractivity contribution in [2.75, 3.05) is 0 Å². The minimum Gasteiger partial charge on any atom is -0.139 e. The van der Waals surface area contributed by atoms with Crippen LogP contribution in [0.2, 0.25) is 0 Å². The fourth-order valence-electron chi connectivity index (χ4n) is 0.363. The van der Waals surface area contributed by atoms with Gasteiger partial charge in [-0.15, -0.1) is 4.52 Å². The van der Waals surface area contributed by atoms with Gasteiger partial charge in [0.2, 0.25) is 0 Å². The molecule has 1 atom stereocenters. The standard InChI is InChI=1S/C5H8O2P/c1-2-8(6)7-5-3-4-5/h2,5H,1,3-4H2/q+1. The average Bonchev–Trinajstić information content (AvgIpc) is 2.50. The van der Waals surface area contributed by atoms with Crippen LogP contribution in [0.5, 0.6) is 0 Å². The van der Waals surface area contributed by atoms with E-state index in [9.17, 15) is 4.57 Å². The summed E-state index contributed by atoms with van der Waals surface area (Å²) in [6, 6.07) is 0. The first-order valence-electron chi connectivity index (χ1n) is 2.58. The van der Waals surface area contributed by atoms with Crippen molar-refractivity contribution < 1.29 is 9.09 Å². The predicted molar refractivity (Wildman–Crippen MR) is 31.9 cm³/mol. The molecule has 0 bridgehead atoms. The molecule has 8 heavy (non-hydrogen) atoms. The van der Waals surface area contributed by atoms with Gasteiger partial charge in [-0.05, 0) is 24.0 Å². The Balaban J connectivity index is 2.16. The number of hydrogen-bond donors (Lipinski definition) is 0. The van der Waals surface area contributed by atoms with E-state index >= 15 is 0 Å². The lowest BCUT2D eigenvalue weighted by Gasteiger charge is -1.75. The van der Waals surface area contributed by atoms with Crippen LogP contribution >= 0.6 is 8.03 Å². The van der Waals surface area contributed by atoms with Crippen molar-refractivity contribution in [3.63, 3.8) is 0 Å². The van der Waals surface area contributed by atoms with Crippen LogP contribution in [0.4, 0.5) is 0 Å². The SMILES string of the molecule is C=C[P+](=O)OC1CC1. The zero-order chi connectivity index (χ0) is 5.98. The maximum atomic E-state index is 10.5. The Labute approximate surface area is 49.4 Å². The Bertz CT molecular complexity index is 118. The van der Waals surface area contributed by atoms with E-state index in [4.69, 9.17) is 4.52 Å². The summed E-state index contributed by atoms with van der Waals surface area (Å²) in [4.78, 5) is 0. The first-order chi connectivity index (χ1) is 3.83. The van der Waals surface area contributed by atoms with E-state index in [0.29, 0.717) is 0 Å². The van der Waals surface area contributed by atoms with Gasteiger partial charge in [0.05, 0.1) is 0 Å². The van der Waals surface area contributed by atoms with Crippen molar-refractivity contribution in [2.45, 2.75) is 18.9 Å². The lowest BCUT2D eigenvalue weighted by atomic mass is 10.9. The Morgan fingerprint density at radius 1 is 1.75 bits per heavy atom. The van der Waals surface area contributed by atoms with E-state index in [2.05, 4.69) is 6.58 Å². The van der Waals surface area contributed by atoms with Crippen LogP contribution in [0.15, 0.2) is 12.4 Å². The van der Waals surface area contributed by atoms with Crippen LogP contribution < -0.4 is 0 Å². The molecule has 1 saturated carbocycles. The van der Waals surface area contributed by atoms with Crippen molar-refractivity contribution in [3.05, 3.63) is 12.4 Å². The van der Waals surface area contributed by atoms with Gasteiger partial charge in [0.15, 0.2) is 5.82 Å².